The molecule has 1 fully saturated rings. The van der Waals surface area contributed by atoms with Gasteiger partial charge in [-0.05, 0) is 43.0 Å². The third-order valence-corrected chi connectivity index (χ3v) is 5.37. The molecule has 11 heteroatoms. The number of carboxylic acids is 1. The highest BCUT2D eigenvalue weighted by atomic mass is 35.5. The Morgan fingerprint density at radius 3 is 2.69 bits per heavy atom. The van der Waals surface area contributed by atoms with E-state index in [0.29, 0.717) is 35.4 Å². The molecule has 1 aromatic carbocycles. The van der Waals surface area contributed by atoms with Crippen LogP contribution < -0.4 is 0 Å². The van der Waals surface area contributed by atoms with Gasteiger partial charge in [-0.25, -0.2) is 9.48 Å². The first-order valence-electron chi connectivity index (χ1n) is 8.70. The molecule has 1 saturated heterocycles. The topological polar surface area (TPSA) is 88.3 Å². The summed E-state index contributed by atoms with van der Waals surface area (Å²) in [6, 6.07) is 3.39. The fraction of sp³-hybridized carbons (Fsp3) is 0.333. The van der Waals surface area contributed by atoms with E-state index in [9.17, 15) is 27.9 Å². The first-order chi connectivity index (χ1) is 13.6. The highest BCUT2D eigenvalue weighted by Gasteiger charge is 2.43. The van der Waals surface area contributed by atoms with Crippen LogP contribution >= 0.6 is 11.6 Å². The summed E-state index contributed by atoms with van der Waals surface area (Å²) in [6.07, 6.45) is -1.32. The molecule has 1 aromatic heterocycles. The number of amides is 1. The molecule has 4 rings (SSSR count). The molecule has 2 unspecified atom stereocenters. The van der Waals surface area contributed by atoms with Crippen LogP contribution in [0.5, 0.6) is 0 Å². The van der Waals surface area contributed by atoms with E-state index in [1.165, 1.54) is 23.1 Å². The Labute approximate surface area is 167 Å². The van der Waals surface area contributed by atoms with E-state index in [1.54, 1.807) is 6.07 Å². The van der Waals surface area contributed by atoms with Crippen molar-refractivity contribution in [1.82, 2.24) is 19.9 Å². The SMILES string of the molecule is O=C(O)C1CCC2CC(c3cc(Cl)ccc3-n3cc(C(F)(F)F)nn3)=CC(=O)N21. The van der Waals surface area contributed by atoms with E-state index in [4.69, 9.17) is 11.6 Å². The predicted octanol–water partition coefficient (Wildman–Crippen LogP) is 3.17. The highest BCUT2D eigenvalue weighted by molar-refractivity contribution is 6.30. The number of carboxylic acid groups (broad SMARTS) is 1. The second-order valence-electron chi connectivity index (χ2n) is 6.91. The van der Waals surface area contributed by atoms with Gasteiger partial charge < -0.3 is 10.0 Å². The molecule has 2 aliphatic rings. The molecule has 7 nitrogen and oxygen atoms in total. The van der Waals surface area contributed by atoms with Gasteiger partial charge in [0.1, 0.15) is 6.04 Å². The van der Waals surface area contributed by atoms with Crippen LogP contribution in [0.4, 0.5) is 13.2 Å². The lowest BCUT2D eigenvalue weighted by atomic mass is 9.92. The number of aromatic nitrogens is 3. The van der Waals surface area contributed by atoms with Gasteiger partial charge in [0.05, 0.1) is 11.9 Å². The summed E-state index contributed by atoms with van der Waals surface area (Å²) in [5.74, 6) is -1.50. The summed E-state index contributed by atoms with van der Waals surface area (Å²) < 4.78 is 39.7. The van der Waals surface area contributed by atoms with Gasteiger partial charge in [0.25, 0.3) is 0 Å². The molecule has 1 amide bonds. The number of aliphatic carboxylic acids is 1. The van der Waals surface area contributed by atoms with Gasteiger partial charge in [0.15, 0.2) is 5.69 Å². The van der Waals surface area contributed by atoms with E-state index in [0.717, 1.165) is 10.9 Å². The minimum atomic E-state index is -4.64. The molecule has 3 heterocycles. The molecule has 0 bridgehead atoms. The molecular formula is C18H14ClF3N4O3. The minimum absolute atomic E-state index is 0.290. The van der Waals surface area contributed by atoms with Gasteiger partial charge in [-0.1, -0.05) is 16.8 Å². The van der Waals surface area contributed by atoms with Crippen LogP contribution in [-0.2, 0) is 15.8 Å². The summed E-state index contributed by atoms with van der Waals surface area (Å²) in [6.45, 7) is 0. The van der Waals surface area contributed by atoms with Crippen molar-refractivity contribution in [2.45, 2.75) is 37.5 Å². The lowest BCUT2D eigenvalue weighted by Crippen LogP contribution is -2.46. The number of fused-ring (bicyclic) bond motifs is 1. The first-order valence-corrected chi connectivity index (χ1v) is 9.08. The van der Waals surface area contributed by atoms with Gasteiger partial charge in [0, 0.05) is 22.7 Å². The van der Waals surface area contributed by atoms with Crippen LogP contribution in [0.3, 0.4) is 0 Å². The second kappa shape index (κ2) is 6.87. The number of carbonyl (C=O) groups excluding carboxylic acids is 1. The van der Waals surface area contributed by atoms with E-state index in [-0.39, 0.29) is 11.7 Å². The standard InChI is InChI=1S/C18H14ClF3N4O3/c19-10-1-3-13(25-8-15(23-24-25)18(20,21)22)12(7-10)9-5-11-2-4-14(17(28)29)26(11)16(27)6-9/h1,3,6-8,11,14H,2,4-5H2,(H,28,29). The lowest BCUT2D eigenvalue weighted by Gasteiger charge is -2.32. The minimum Gasteiger partial charge on any atom is -0.480 e. The monoisotopic (exact) mass is 426 g/mol. The van der Waals surface area contributed by atoms with Gasteiger partial charge in [-0.15, -0.1) is 5.10 Å². The van der Waals surface area contributed by atoms with Crippen LogP contribution in [0, 0.1) is 0 Å². The molecule has 1 N–H and O–H groups in total. The average molecular weight is 427 g/mol. The van der Waals surface area contributed by atoms with E-state index in [1.807, 2.05) is 0 Å². The number of halogens is 4. The zero-order valence-corrected chi connectivity index (χ0v) is 15.5. The van der Waals surface area contributed by atoms with E-state index >= 15 is 0 Å². The summed E-state index contributed by atoms with van der Waals surface area (Å²) in [5, 5.41) is 16.4. The van der Waals surface area contributed by atoms with Crippen molar-refractivity contribution in [3.8, 4) is 5.69 Å². The Kier molecular flexibility index (Phi) is 4.60. The summed E-state index contributed by atoms with van der Waals surface area (Å²) >= 11 is 6.09. The van der Waals surface area contributed by atoms with Crippen molar-refractivity contribution < 1.29 is 27.9 Å². The van der Waals surface area contributed by atoms with Crippen molar-refractivity contribution in [2.75, 3.05) is 0 Å². The molecular weight excluding hydrogens is 413 g/mol. The molecule has 2 aliphatic heterocycles. The third kappa shape index (κ3) is 3.48. The molecule has 0 saturated carbocycles. The zero-order chi connectivity index (χ0) is 20.9. The van der Waals surface area contributed by atoms with Gasteiger partial charge in [-0.3, -0.25) is 4.79 Å². The fourth-order valence-corrected chi connectivity index (χ4v) is 4.03. The Balaban J connectivity index is 1.75. The van der Waals surface area contributed by atoms with Crippen LogP contribution in [0.15, 0.2) is 30.5 Å². The van der Waals surface area contributed by atoms with Crippen molar-refractivity contribution in [3.05, 3.63) is 46.8 Å². The van der Waals surface area contributed by atoms with Crippen LogP contribution in [-0.4, -0.2) is 49.0 Å². The molecule has 152 valence electrons. The number of hydrogen-bond acceptors (Lipinski definition) is 4. The number of carbonyl (C=O) groups is 2. The number of rotatable bonds is 3. The normalized spacial score (nSPS) is 21.9. The first kappa shape index (κ1) is 19.4. The molecule has 2 aromatic rings. The Morgan fingerprint density at radius 1 is 1.28 bits per heavy atom. The maximum Gasteiger partial charge on any atom is 0.436 e. The highest BCUT2D eigenvalue weighted by Crippen LogP contribution is 2.38. The Hall–Kier alpha value is -2.88. The molecule has 0 aliphatic carbocycles. The summed E-state index contributed by atoms with van der Waals surface area (Å²) in [4.78, 5) is 25.3. The summed E-state index contributed by atoms with van der Waals surface area (Å²) in [7, 11) is 0. The van der Waals surface area contributed by atoms with Gasteiger partial charge in [-0.2, -0.15) is 13.2 Å². The number of hydrogen-bond donors (Lipinski definition) is 1. The molecule has 29 heavy (non-hydrogen) atoms. The average Bonchev–Trinajstić information content (AvgIpc) is 3.28. The summed E-state index contributed by atoms with van der Waals surface area (Å²) in [5.41, 5.74) is 0.155. The molecule has 0 radical (unpaired) electrons. The number of benzene rings is 1. The van der Waals surface area contributed by atoms with Gasteiger partial charge in [0.2, 0.25) is 5.91 Å². The fourth-order valence-electron chi connectivity index (χ4n) is 3.86. The lowest BCUT2D eigenvalue weighted by molar-refractivity contribution is -0.148. The van der Waals surface area contributed by atoms with Crippen LogP contribution in [0.25, 0.3) is 11.3 Å². The van der Waals surface area contributed by atoms with Crippen molar-refractivity contribution in [1.29, 1.82) is 0 Å². The Morgan fingerprint density at radius 2 is 2.03 bits per heavy atom. The van der Waals surface area contributed by atoms with Crippen LogP contribution in [0.1, 0.15) is 30.5 Å². The van der Waals surface area contributed by atoms with E-state index in [2.05, 4.69) is 10.3 Å². The number of alkyl halides is 3. The smallest absolute Gasteiger partial charge is 0.436 e. The third-order valence-electron chi connectivity index (χ3n) is 5.13. The predicted molar refractivity (Wildman–Crippen MR) is 95.3 cm³/mol. The van der Waals surface area contributed by atoms with Gasteiger partial charge >= 0.3 is 12.1 Å². The second-order valence-corrected chi connectivity index (χ2v) is 7.35. The largest absolute Gasteiger partial charge is 0.480 e. The number of nitrogens with zero attached hydrogens (tertiary/aromatic N) is 4. The van der Waals surface area contributed by atoms with Crippen molar-refractivity contribution in [2.24, 2.45) is 0 Å². The van der Waals surface area contributed by atoms with Crippen molar-refractivity contribution >= 4 is 29.1 Å². The zero-order valence-electron chi connectivity index (χ0n) is 14.7. The van der Waals surface area contributed by atoms with Crippen molar-refractivity contribution in [3.63, 3.8) is 0 Å². The maximum absolute atomic E-state index is 12.9. The maximum atomic E-state index is 12.9. The molecule has 2 atom stereocenters. The quantitative estimate of drug-likeness (QED) is 0.814. The van der Waals surface area contributed by atoms with E-state index < -0.39 is 29.8 Å². The molecule has 0 spiro atoms. The van der Waals surface area contributed by atoms with Crippen LogP contribution in [0.2, 0.25) is 5.02 Å². The Bertz CT molecular complexity index is 1030.